The second-order valence-electron chi connectivity index (χ2n) is 4.81. The Labute approximate surface area is 110 Å². The first-order valence-corrected chi connectivity index (χ1v) is 7.46. The fraction of sp³-hybridized carbons (Fsp3) is 0.600. The molecule has 0 spiro atoms. The van der Waals surface area contributed by atoms with Gasteiger partial charge >= 0.3 is 0 Å². The van der Waals surface area contributed by atoms with E-state index >= 15 is 0 Å². The van der Waals surface area contributed by atoms with Crippen molar-refractivity contribution in [2.75, 3.05) is 0 Å². The normalized spacial score (nSPS) is 14.6. The monoisotopic (exact) mass is 251 g/mol. The predicted octanol–water partition coefficient (Wildman–Crippen LogP) is 4.17. The molecule has 1 aromatic rings. The summed E-state index contributed by atoms with van der Waals surface area (Å²) < 4.78 is 0. The maximum Gasteiger partial charge on any atom is 0.0104 e. The molecule has 2 heteroatoms. The van der Waals surface area contributed by atoms with E-state index in [1.165, 1.54) is 22.4 Å². The first-order valence-electron chi connectivity index (χ1n) is 6.58. The zero-order valence-electron chi connectivity index (χ0n) is 11.5. The zero-order valence-corrected chi connectivity index (χ0v) is 12.3. The van der Waals surface area contributed by atoms with Crippen molar-refractivity contribution in [1.29, 1.82) is 0 Å². The van der Waals surface area contributed by atoms with Crippen LogP contribution in [-0.2, 0) is 6.42 Å². The number of rotatable bonds is 6. The van der Waals surface area contributed by atoms with Crippen molar-refractivity contribution in [1.82, 2.24) is 0 Å². The topological polar surface area (TPSA) is 26.0 Å². The molecule has 0 radical (unpaired) electrons. The molecule has 1 nitrogen and oxygen atoms in total. The third-order valence-electron chi connectivity index (χ3n) is 3.16. The van der Waals surface area contributed by atoms with Gasteiger partial charge in [0.25, 0.3) is 0 Å². The SMILES string of the molecule is CCC(N)Cc1ccc(SC(C)CC)c(C)c1. The van der Waals surface area contributed by atoms with Crippen LogP contribution in [0.5, 0.6) is 0 Å². The minimum atomic E-state index is 0.294. The molecule has 0 saturated carbocycles. The van der Waals surface area contributed by atoms with Crippen LogP contribution in [0.15, 0.2) is 23.1 Å². The molecule has 17 heavy (non-hydrogen) atoms. The van der Waals surface area contributed by atoms with E-state index in [4.69, 9.17) is 5.73 Å². The summed E-state index contributed by atoms with van der Waals surface area (Å²) in [6, 6.07) is 7.07. The highest BCUT2D eigenvalue weighted by Gasteiger charge is 2.07. The van der Waals surface area contributed by atoms with E-state index in [0.29, 0.717) is 11.3 Å². The molecule has 0 aliphatic carbocycles. The van der Waals surface area contributed by atoms with Gasteiger partial charge in [-0.1, -0.05) is 32.9 Å². The number of hydrogen-bond acceptors (Lipinski definition) is 2. The van der Waals surface area contributed by atoms with E-state index in [1.54, 1.807) is 0 Å². The Balaban J connectivity index is 2.72. The number of nitrogens with two attached hydrogens (primary N) is 1. The summed E-state index contributed by atoms with van der Waals surface area (Å²) in [4.78, 5) is 1.41. The molecule has 0 saturated heterocycles. The third kappa shape index (κ3) is 4.72. The van der Waals surface area contributed by atoms with Gasteiger partial charge in [-0.3, -0.25) is 0 Å². The van der Waals surface area contributed by atoms with Crippen LogP contribution in [0.4, 0.5) is 0 Å². The van der Waals surface area contributed by atoms with Crippen LogP contribution in [0, 0.1) is 6.92 Å². The number of thioether (sulfide) groups is 1. The molecular formula is C15H25NS. The molecule has 0 amide bonds. The van der Waals surface area contributed by atoms with E-state index in [1.807, 2.05) is 11.8 Å². The van der Waals surface area contributed by atoms with Gasteiger partial charge in [0.05, 0.1) is 0 Å². The molecule has 2 atom stereocenters. The minimum Gasteiger partial charge on any atom is -0.327 e. The highest BCUT2D eigenvalue weighted by Crippen LogP contribution is 2.28. The average Bonchev–Trinajstić information content (AvgIpc) is 2.32. The highest BCUT2D eigenvalue weighted by atomic mass is 32.2. The number of benzene rings is 1. The summed E-state index contributed by atoms with van der Waals surface area (Å²) in [5.74, 6) is 0. The van der Waals surface area contributed by atoms with Crippen LogP contribution in [0.25, 0.3) is 0 Å². The van der Waals surface area contributed by atoms with Crippen LogP contribution in [-0.4, -0.2) is 11.3 Å². The summed E-state index contributed by atoms with van der Waals surface area (Å²) in [5, 5.41) is 0.692. The van der Waals surface area contributed by atoms with Crippen LogP contribution < -0.4 is 5.73 Å². The average molecular weight is 251 g/mol. The van der Waals surface area contributed by atoms with E-state index in [-0.39, 0.29) is 0 Å². The quantitative estimate of drug-likeness (QED) is 0.768. The van der Waals surface area contributed by atoms with Crippen molar-refractivity contribution < 1.29 is 0 Å². The molecular weight excluding hydrogens is 226 g/mol. The Morgan fingerprint density at radius 1 is 1.24 bits per heavy atom. The lowest BCUT2D eigenvalue weighted by molar-refractivity contribution is 0.646. The molecule has 2 unspecified atom stereocenters. The van der Waals surface area contributed by atoms with Gasteiger partial charge in [-0.25, -0.2) is 0 Å². The molecule has 0 heterocycles. The van der Waals surface area contributed by atoms with Crippen LogP contribution in [0.2, 0.25) is 0 Å². The van der Waals surface area contributed by atoms with Crippen LogP contribution in [0.1, 0.15) is 44.7 Å². The Morgan fingerprint density at radius 3 is 2.47 bits per heavy atom. The Bertz CT molecular complexity index is 349. The van der Waals surface area contributed by atoms with Crippen molar-refractivity contribution in [3.8, 4) is 0 Å². The van der Waals surface area contributed by atoms with Gasteiger partial charge in [-0.15, -0.1) is 11.8 Å². The zero-order chi connectivity index (χ0) is 12.8. The molecule has 0 aliphatic heterocycles. The summed E-state index contributed by atoms with van der Waals surface area (Å²) in [5.41, 5.74) is 8.74. The van der Waals surface area contributed by atoms with E-state index < -0.39 is 0 Å². The second kappa shape index (κ2) is 7.07. The van der Waals surface area contributed by atoms with Crippen molar-refractivity contribution in [2.45, 2.75) is 63.1 Å². The second-order valence-corrected chi connectivity index (χ2v) is 6.29. The molecule has 1 aromatic carbocycles. The maximum absolute atomic E-state index is 5.99. The molecule has 96 valence electrons. The van der Waals surface area contributed by atoms with Gasteiger partial charge in [0.1, 0.15) is 0 Å². The van der Waals surface area contributed by atoms with Gasteiger partial charge in [0, 0.05) is 16.2 Å². The van der Waals surface area contributed by atoms with Crippen LogP contribution in [0.3, 0.4) is 0 Å². The minimum absolute atomic E-state index is 0.294. The Morgan fingerprint density at radius 2 is 1.94 bits per heavy atom. The van der Waals surface area contributed by atoms with Gasteiger partial charge in [-0.05, 0) is 43.4 Å². The summed E-state index contributed by atoms with van der Waals surface area (Å²) in [6.07, 6.45) is 3.25. The Hall–Kier alpha value is -0.470. The predicted molar refractivity (Wildman–Crippen MR) is 78.8 cm³/mol. The Kier molecular flexibility index (Phi) is 6.07. The third-order valence-corrected chi connectivity index (χ3v) is 4.61. The first-order chi connectivity index (χ1) is 8.06. The van der Waals surface area contributed by atoms with Gasteiger partial charge in [-0.2, -0.15) is 0 Å². The highest BCUT2D eigenvalue weighted by molar-refractivity contribution is 8.00. The molecule has 2 N–H and O–H groups in total. The number of aryl methyl sites for hydroxylation is 1. The molecule has 1 rings (SSSR count). The van der Waals surface area contributed by atoms with Crippen molar-refractivity contribution in [2.24, 2.45) is 5.73 Å². The smallest absolute Gasteiger partial charge is 0.0104 e. The first kappa shape index (κ1) is 14.6. The lowest BCUT2D eigenvalue weighted by atomic mass is 10.0. The summed E-state index contributed by atoms with van der Waals surface area (Å²) >= 11 is 1.97. The number of hydrogen-bond donors (Lipinski definition) is 1. The standard InChI is InChI=1S/C15H25NS/c1-5-12(4)17-15-8-7-13(9-11(15)3)10-14(16)6-2/h7-9,12,14H,5-6,10,16H2,1-4H3. The van der Waals surface area contributed by atoms with E-state index in [9.17, 15) is 0 Å². The van der Waals surface area contributed by atoms with Gasteiger partial charge in [0.15, 0.2) is 0 Å². The molecule has 0 aromatic heterocycles. The van der Waals surface area contributed by atoms with E-state index in [2.05, 4.69) is 45.9 Å². The van der Waals surface area contributed by atoms with Crippen LogP contribution >= 0.6 is 11.8 Å². The molecule has 0 fully saturated rings. The summed E-state index contributed by atoms with van der Waals surface area (Å²) in [7, 11) is 0. The maximum atomic E-state index is 5.99. The molecule has 0 aliphatic rings. The fourth-order valence-electron chi connectivity index (χ4n) is 1.72. The fourth-order valence-corrected chi connectivity index (χ4v) is 2.71. The van der Waals surface area contributed by atoms with Gasteiger partial charge < -0.3 is 5.73 Å². The van der Waals surface area contributed by atoms with E-state index in [0.717, 1.165) is 12.8 Å². The van der Waals surface area contributed by atoms with Gasteiger partial charge in [0.2, 0.25) is 0 Å². The lowest BCUT2D eigenvalue weighted by Gasteiger charge is -2.13. The largest absolute Gasteiger partial charge is 0.327 e. The van der Waals surface area contributed by atoms with Crippen molar-refractivity contribution in [3.63, 3.8) is 0 Å². The lowest BCUT2D eigenvalue weighted by Crippen LogP contribution is -2.21. The molecule has 0 bridgehead atoms. The van der Waals surface area contributed by atoms with Crippen molar-refractivity contribution in [3.05, 3.63) is 29.3 Å². The summed E-state index contributed by atoms with van der Waals surface area (Å²) in [6.45, 7) is 8.86. The van der Waals surface area contributed by atoms with Crippen molar-refractivity contribution >= 4 is 11.8 Å².